The molecule has 0 bridgehead atoms. The maximum atomic E-state index is 13.5. The molecule has 10 nitrogen and oxygen atoms in total. The van der Waals surface area contributed by atoms with Crippen molar-refractivity contribution >= 4 is 17.5 Å². The third kappa shape index (κ3) is 4.59. The summed E-state index contributed by atoms with van der Waals surface area (Å²) in [6.45, 7) is 8.13. The summed E-state index contributed by atoms with van der Waals surface area (Å²) in [5, 5.41) is 7.44. The van der Waals surface area contributed by atoms with E-state index in [1.54, 1.807) is 15.5 Å². The highest BCUT2D eigenvalue weighted by atomic mass is 16.5. The van der Waals surface area contributed by atoms with Crippen molar-refractivity contribution in [3.8, 4) is 11.3 Å². The number of fused-ring (bicyclic) bond motifs is 2. The molecule has 1 N–H and O–H groups in total. The lowest BCUT2D eigenvalue weighted by Crippen LogP contribution is -2.41. The second-order valence-electron chi connectivity index (χ2n) is 9.29. The minimum atomic E-state index is -0.320. The van der Waals surface area contributed by atoms with Crippen LogP contribution in [0.2, 0.25) is 0 Å². The summed E-state index contributed by atoms with van der Waals surface area (Å²) in [5.74, 6) is -0.456. The van der Waals surface area contributed by atoms with Crippen LogP contribution in [0.4, 0.5) is 0 Å². The lowest BCUT2D eigenvalue weighted by atomic mass is 10.1. The summed E-state index contributed by atoms with van der Waals surface area (Å²) in [7, 11) is 0. The van der Waals surface area contributed by atoms with E-state index in [1.165, 1.54) is 4.52 Å². The van der Waals surface area contributed by atoms with E-state index >= 15 is 0 Å². The van der Waals surface area contributed by atoms with E-state index in [9.17, 15) is 14.4 Å². The largest absolute Gasteiger partial charge is 0.379 e. The number of nitrogens with one attached hydrogen (secondary N) is 1. The van der Waals surface area contributed by atoms with E-state index in [0.29, 0.717) is 43.2 Å². The summed E-state index contributed by atoms with van der Waals surface area (Å²) in [6.07, 6.45) is 0. The molecule has 0 spiro atoms. The van der Waals surface area contributed by atoms with E-state index in [0.717, 1.165) is 18.7 Å². The van der Waals surface area contributed by atoms with E-state index in [2.05, 4.69) is 15.3 Å². The molecule has 2 aliphatic heterocycles. The molecule has 0 saturated carbocycles. The van der Waals surface area contributed by atoms with Crippen LogP contribution in [0.15, 0.2) is 41.2 Å². The fourth-order valence-electron chi connectivity index (χ4n) is 4.71. The van der Waals surface area contributed by atoms with Crippen molar-refractivity contribution in [1.82, 2.24) is 29.3 Å². The molecule has 2 amide bonds. The van der Waals surface area contributed by atoms with Gasteiger partial charge >= 0.3 is 0 Å². The number of carbonyl (C=O) groups excluding carboxylic acids is 2. The van der Waals surface area contributed by atoms with Crippen LogP contribution in [0.5, 0.6) is 0 Å². The molecule has 0 unspecified atom stereocenters. The third-order valence-corrected chi connectivity index (χ3v) is 6.42. The fraction of sp³-hybridized carbons (Fsp3) is 0.440. The average molecular weight is 479 g/mol. The van der Waals surface area contributed by atoms with Gasteiger partial charge in [0.25, 0.3) is 11.5 Å². The number of hydrogen-bond acceptors (Lipinski definition) is 6. The van der Waals surface area contributed by atoms with Gasteiger partial charge in [-0.15, -0.1) is 0 Å². The Morgan fingerprint density at radius 3 is 2.57 bits per heavy atom. The zero-order chi connectivity index (χ0) is 24.5. The Hall–Kier alpha value is -3.50. The molecule has 3 aromatic rings. The molecular weight excluding hydrogens is 448 g/mol. The first-order chi connectivity index (χ1) is 16.9. The maximum absolute atomic E-state index is 13.5. The van der Waals surface area contributed by atoms with Crippen molar-refractivity contribution in [2.75, 3.05) is 39.4 Å². The van der Waals surface area contributed by atoms with Gasteiger partial charge in [-0.1, -0.05) is 30.3 Å². The van der Waals surface area contributed by atoms with Crippen molar-refractivity contribution in [3.63, 3.8) is 0 Å². The molecule has 2 aliphatic rings. The van der Waals surface area contributed by atoms with Gasteiger partial charge in [-0.2, -0.15) is 9.61 Å². The standard InChI is InChI=1S/C25H30N6O4/c1-17(2)26-21(32)16-30-22-14-20(18-6-4-3-5-7-18)27-31(22)24(33)19-15-29(25(34)23(19)30)9-8-28-10-12-35-13-11-28/h3-7,14,17H,8-13,15-16H2,1-2H3,(H,26,32). The van der Waals surface area contributed by atoms with Gasteiger partial charge in [-0.3, -0.25) is 19.3 Å². The van der Waals surface area contributed by atoms with Crippen molar-refractivity contribution in [2.24, 2.45) is 0 Å². The number of rotatable bonds is 7. The quantitative estimate of drug-likeness (QED) is 0.543. The summed E-state index contributed by atoms with van der Waals surface area (Å²) < 4.78 is 8.37. The van der Waals surface area contributed by atoms with E-state index in [1.807, 2.05) is 44.2 Å². The van der Waals surface area contributed by atoms with Gasteiger partial charge in [-0.25, -0.2) is 0 Å². The number of aromatic nitrogens is 3. The SMILES string of the molecule is CC(C)NC(=O)Cn1c2c(c(=O)n3nc(-c4ccccc4)cc13)CN(CCN1CCOCC1)C2=O. The lowest BCUT2D eigenvalue weighted by molar-refractivity contribution is -0.122. The first-order valence-corrected chi connectivity index (χ1v) is 12.0. The Balaban J connectivity index is 1.53. The molecule has 0 aliphatic carbocycles. The molecule has 184 valence electrons. The van der Waals surface area contributed by atoms with Gasteiger partial charge < -0.3 is 19.5 Å². The highest BCUT2D eigenvalue weighted by molar-refractivity contribution is 5.98. The number of morpholine rings is 1. The molecule has 2 aromatic heterocycles. The van der Waals surface area contributed by atoms with Crippen molar-refractivity contribution in [2.45, 2.75) is 33.0 Å². The average Bonchev–Trinajstić information content (AvgIpc) is 3.44. The minimum absolute atomic E-state index is 0.0449. The van der Waals surface area contributed by atoms with E-state index in [4.69, 9.17) is 4.74 Å². The van der Waals surface area contributed by atoms with Crippen LogP contribution >= 0.6 is 0 Å². The zero-order valence-corrected chi connectivity index (χ0v) is 20.1. The number of nitrogens with zero attached hydrogens (tertiary/aromatic N) is 5. The first-order valence-electron chi connectivity index (χ1n) is 12.0. The maximum Gasteiger partial charge on any atom is 0.280 e. The second kappa shape index (κ2) is 9.63. The van der Waals surface area contributed by atoms with Crippen LogP contribution in [0.25, 0.3) is 16.9 Å². The Morgan fingerprint density at radius 1 is 1.11 bits per heavy atom. The number of carbonyl (C=O) groups is 2. The van der Waals surface area contributed by atoms with Gasteiger partial charge in [0.15, 0.2) is 0 Å². The molecule has 35 heavy (non-hydrogen) atoms. The predicted molar refractivity (Wildman–Crippen MR) is 130 cm³/mol. The summed E-state index contributed by atoms with van der Waals surface area (Å²) in [5.41, 5.74) is 2.23. The van der Waals surface area contributed by atoms with Gasteiger partial charge in [0.1, 0.15) is 17.9 Å². The Bertz CT molecular complexity index is 1310. The number of ether oxygens (including phenoxy) is 1. The molecule has 0 radical (unpaired) electrons. The number of benzene rings is 1. The molecule has 0 atom stereocenters. The fourth-order valence-corrected chi connectivity index (χ4v) is 4.71. The highest BCUT2D eigenvalue weighted by Gasteiger charge is 2.35. The van der Waals surface area contributed by atoms with Crippen molar-refractivity contribution in [3.05, 3.63) is 58.0 Å². The lowest BCUT2D eigenvalue weighted by Gasteiger charge is -2.28. The minimum Gasteiger partial charge on any atom is -0.379 e. The van der Waals surface area contributed by atoms with Gasteiger partial charge in [-0.05, 0) is 13.8 Å². The zero-order valence-electron chi connectivity index (χ0n) is 20.1. The number of amides is 2. The van der Waals surface area contributed by atoms with Gasteiger partial charge in [0, 0.05) is 43.9 Å². The highest BCUT2D eigenvalue weighted by Crippen LogP contribution is 2.25. The first kappa shape index (κ1) is 23.3. The van der Waals surface area contributed by atoms with Crippen LogP contribution in [-0.2, 0) is 22.6 Å². The van der Waals surface area contributed by atoms with Crippen LogP contribution < -0.4 is 10.9 Å². The van der Waals surface area contributed by atoms with Crippen LogP contribution in [0.1, 0.15) is 29.9 Å². The monoisotopic (exact) mass is 478 g/mol. The molecular formula is C25H30N6O4. The molecule has 1 aromatic carbocycles. The van der Waals surface area contributed by atoms with Gasteiger partial charge in [0.2, 0.25) is 5.91 Å². The number of hydrogen-bond donors (Lipinski definition) is 1. The summed E-state index contributed by atoms with van der Waals surface area (Å²) in [6, 6.07) is 11.3. The smallest absolute Gasteiger partial charge is 0.280 e. The molecule has 1 fully saturated rings. The van der Waals surface area contributed by atoms with E-state index in [-0.39, 0.29) is 42.2 Å². The Labute approximate surface area is 203 Å². The normalized spacial score (nSPS) is 16.3. The van der Waals surface area contributed by atoms with Gasteiger partial charge in [0.05, 0.1) is 31.0 Å². The summed E-state index contributed by atoms with van der Waals surface area (Å²) >= 11 is 0. The molecule has 4 heterocycles. The van der Waals surface area contributed by atoms with Crippen LogP contribution in [0.3, 0.4) is 0 Å². The molecule has 1 saturated heterocycles. The Morgan fingerprint density at radius 2 is 1.86 bits per heavy atom. The van der Waals surface area contributed by atoms with Crippen LogP contribution in [-0.4, -0.2) is 81.2 Å². The Kier molecular flexibility index (Phi) is 6.40. The third-order valence-electron chi connectivity index (χ3n) is 6.42. The second-order valence-corrected chi connectivity index (χ2v) is 9.29. The van der Waals surface area contributed by atoms with Crippen LogP contribution in [0, 0.1) is 0 Å². The van der Waals surface area contributed by atoms with E-state index < -0.39 is 0 Å². The van der Waals surface area contributed by atoms with Crippen molar-refractivity contribution < 1.29 is 14.3 Å². The van der Waals surface area contributed by atoms with Crippen molar-refractivity contribution in [1.29, 1.82) is 0 Å². The summed E-state index contributed by atoms with van der Waals surface area (Å²) in [4.78, 5) is 43.7. The molecule has 5 rings (SSSR count). The topological polar surface area (TPSA) is 101 Å². The predicted octanol–water partition coefficient (Wildman–Crippen LogP) is 0.976. The molecule has 10 heteroatoms.